The third kappa shape index (κ3) is 4.07. The van der Waals surface area contributed by atoms with E-state index in [0.717, 1.165) is 6.07 Å². The molecule has 0 spiro atoms. The normalized spacial score (nSPS) is 19.1. The summed E-state index contributed by atoms with van der Waals surface area (Å²) in [5.74, 6) is -4.90. The van der Waals surface area contributed by atoms with E-state index in [-0.39, 0.29) is 24.0 Å². The second-order valence-electron chi connectivity index (χ2n) is 6.63. The Labute approximate surface area is 159 Å². The molecule has 1 aliphatic rings. The zero-order valence-electron chi connectivity index (χ0n) is 14.7. The van der Waals surface area contributed by atoms with Gasteiger partial charge in [0.05, 0.1) is 0 Å². The van der Waals surface area contributed by atoms with Crippen LogP contribution in [0.1, 0.15) is 34.7 Å². The third-order valence-corrected chi connectivity index (χ3v) is 4.73. The van der Waals surface area contributed by atoms with Gasteiger partial charge in [-0.1, -0.05) is 12.1 Å². The van der Waals surface area contributed by atoms with E-state index in [1.807, 2.05) is 0 Å². The lowest BCUT2D eigenvalue weighted by atomic mass is 9.80. The van der Waals surface area contributed by atoms with Crippen molar-refractivity contribution >= 4 is 17.5 Å². The van der Waals surface area contributed by atoms with E-state index >= 15 is 0 Å². The van der Waals surface area contributed by atoms with Gasteiger partial charge in [0.15, 0.2) is 11.6 Å². The number of anilines is 1. The summed E-state index contributed by atoms with van der Waals surface area (Å²) in [5.41, 5.74) is 12.3. The number of hydrogen-bond donors (Lipinski definition) is 3. The highest BCUT2D eigenvalue weighted by Gasteiger charge is 2.29. The first-order valence-electron chi connectivity index (χ1n) is 8.56. The average Bonchev–Trinajstić information content (AvgIpc) is 2.65. The molecule has 2 amide bonds. The van der Waals surface area contributed by atoms with Crippen molar-refractivity contribution in [2.24, 2.45) is 11.5 Å². The SMILES string of the molecule is NC(=O)c1cccc(NC(=O)C2=CCC(c3cc(F)c(F)cc3F)C(N)C2)c1. The molecule has 0 heterocycles. The van der Waals surface area contributed by atoms with Crippen LogP contribution in [0.4, 0.5) is 18.9 Å². The molecular weight excluding hydrogens is 371 g/mol. The summed E-state index contributed by atoms with van der Waals surface area (Å²) in [5, 5.41) is 2.66. The molecule has 2 atom stereocenters. The minimum absolute atomic E-state index is 0.0173. The van der Waals surface area contributed by atoms with E-state index in [4.69, 9.17) is 11.5 Å². The summed E-state index contributed by atoms with van der Waals surface area (Å²) in [7, 11) is 0. The summed E-state index contributed by atoms with van der Waals surface area (Å²) < 4.78 is 40.7. The van der Waals surface area contributed by atoms with E-state index in [0.29, 0.717) is 17.3 Å². The van der Waals surface area contributed by atoms with Gasteiger partial charge in [-0.25, -0.2) is 13.2 Å². The molecule has 5 nitrogen and oxygen atoms in total. The molecule has 8 heteroatoms. The van der Waals surface area contributed by atoms with E-state index in [1.54, 1.807) is 18.2 Å². The predicted molar refractivity (Wildman–Crippen MR) is 97.9 cm³/mol. The van der Waals surface area contributed by atoms with Gasteiger partial charge in [0.1, 0.15) is 5.82 Å². The van der Waals surface area contributed by atoms with Gasteiger partial charge in [-0.2, -0.15) is 0 Å². The first kappa shape index (κ1) is 19.6. The van der Waals surface area contributed by atoms with Gasteiger partial charge in [0.25, 0.3) is 5.91 Å². The van der Waals surface area contributed by atoms with Gasteiger partial charge in [-0.05, 0) is 42.7 Å². The maximum absolute atomic E-state index is 14.0. The summed E-state index contributed by atoms with van der Waals surface area (Å²) >= 11 is 0. The van der Waals surface area contributed by atoms with Crippen molar-refractivity contribution in [2.75, 3.05) is 5.32 Å². The van der Waals surface area contributed by atoms with Gasteiger partial charge in [0.2, 0.25) is 5.91 Å². The molecule has 0 aromatic heterocycles. The molecule has 0 saturated carbocycles. The topological polar surface area (TPSA) is 98.2 Å². The van der Waals surface area contributed by atoms with Crippen molar-refractivity contribution in [3.05, 3.63) is 76.6 Å². The van der Waals surface area contributed by atoms with Crippen LogP contribution in [-0.2, 0) is 4.79 Å². The Balaban J connectivity index is 1.76. The number of benzene rings is 2. The summed E-state index contributed by atoms with van der Waals surface area (Å²) in [6, 6.07) is 6.81. The second-order valence-corrected chi connectivity index (χ2v) is 6.63. The van der Waals surface area contributed by atoms with E-state index < -0.39 is 41.2 Å². The van der Waals surface area contributed by atoms with Gasteiger partial charge in [-0.15, -0.1) is 0 Å². The highest BCUT2D eigenvalue weighted by atomic mass is 19.2. The molecule has 2 aromatic carbocycles. The van der Waals surface area contributed by atoms with E-state index in [9.17, 15) is 22.8 Å². The molecule has 0 saturated heterocycles. The Morgan fingerprint density at radius 1 is 1.04 bits per heavy atom. The molecule has 0 fully saturated rings. The van der Waals surface area contributed by atoms with Crippen LogP contribution < -0.4 is 16.8 Å². The van der Waals surface area contributed by atoms with Crippen molar-refractivity contribution in [1.82, 2.24) is 0 Å². The van der Waals surface area contributed by atoms with Crippen molar-refractivity contribution in [1.29, 1.82) is 0 Å². The number of hydrogen-bond acceptors (Lipinski definition) is 3. The lowest BCUT2D eigenvalue weighted by Gasteiger charge is -2.29. The molecule has 146 valence electrons. The van der Waals surface area contributed by atoms with Gasteiger partial charge >= 0.3 is 0 Å². The smallest absolute Gasteiger partial charge is 0.251 e. The quantitative estimate of drug-likeness (QED) is 0.701. The molecule has 2 aromatic rings. The summed E-state index contributed by atoms with van der Waals surface area (Å²) in [6.45, 7) is 0. The van der Waals surface area contributed by atoms with Crippen LogP contribution in [0.5, 0.6) is 0 Å². The van der Waals surface area contributed by atoms with Crippen LogP contribution in [0.3, 0.4) is 0 Å². The Hall–Kier alpha value is -3.13. The summed E-state index contributed by atoms with van der Waals surface area (Å²) in [6.07, 6.45) is 1.93. The number of nitrogens with two attached hydrogens (primary N) is 2. The minimum Gasteiger partial charge on any atom is -0.366 e. The molecule has 1 aliphatic carbocycles. The van der Waals surface area contributed by atoms with Crippen LogP contribution in [0, 0.1) is 17.5 Å². The molecule has 5 N–H and O–H groups in total. The zero-order chi connectivity index (χ0) is 20.4. The van der Waals surface area contributed by atoms with Gasteiger partial charge in [0, 0.05) is 34.9 Å². The maximum Gasteiger partial charge on any atom is 0.251 e. The predicted octanol–water partition coefficient (Wildman–Crippen LogP) is 2.97. The zero-order valence-corrected chi connectivity index (χ0v) is 14.7. The number of primary amides is 1. The van der Waals surface area contributed by atoms with Gasteiger partial charge < -0.3 is 16.8 Å². The van der Waals surface area contributed by atoms with Gasteiger partial charge in [-0.3, -0.25) is 9.59 Å². The van der Waals surface area contributed by atoms with Crippen molar-refractivity contribution in [2.45, 2.75) is 24.8 Å². The van der Waals surface area contributed by atoms with Crippen molar-refractivity contribution in [3.8, 4) is 0 Å². The first-order chi connectivity index (χ1) is 13.3. The third-order valence-electron chi connectivity index (χ3n) is 4.73. The maximum atomic E-state index is 14.0. The number of nitrogens with one attached hydrogen (secondary N) is 1. The van der Waals surface area contributed by atoms with Crippen LogP contribution in [-0.4, -0.2) is 17.9 Å². The molecule has 3 rings (SSSR count). The number of allylic oxidation sites excluding steroid dienone is 1. The highest BCUT2D eigenvalue weighted by molar-refractivity contribution is 6.04. The lowest BCUT2D eigenvalue weighted by molar-refractivity contribution is -0.113. The Kier molecular flexibility index (Phi) is 5.51. The largest absolute Gasteiger partial charge is 0.366 e. The number of carbonyl (C=O) groups is 2. The van der Waals surface area contributed by atoms with Crippen LogP contribution in [0.25, 0.3) is 0 Å². The average molecular weight is 389 g/mol. The fourth-order valence-corrected chi connectivity index (χ4v) is 3.25. The van der Waals surface area contributed by atoms with E-state index in [2.05, 4.69) is 5.32 Å². The second kappa shape index (κ2) is 7.85. The Bertz CT molecular complexity index is 975. The molecule has 0 aliphatic heterocycles. The van der Waals surface area contributed by atoms with Crippen LogP contribution in [0.15, 0.2) is 48.0 Å². The fraction of sp³-hybridized carbons (Fsp3) is 0.200. The lowest BCUT2D eigenvalue weighted by Crippen LogP contribution is -2.34. The fourth-order valence-electron chi connectivity index (χ4n) is 3.25. The summed E-state index contributed by atoms with van der Waals surface area (Å²) in [4.78, 5) is 23.7. The highest BCUT2D eigenvalue weighted by Crippen LogP contribution is 2.34. The van der Waals surface area contributed by atoms with Crippen molar-refractivity contribution in [3.63, 3.8) is 0 Å². The number of carbonyl (C=O) groups excluding carboxylic acids is 2. The van der Waals surface area contributed by atoms with E-state index in [1.165, 1.54) is 12.1 Å². The monoisotopic (exact) mass is 389 g/mol. The molecule has 0 bridgehead atoms. The molecule has 2 unspecified atom stereocenters. The van der Waals surface area contributed by atoms with Crippen molar-refractivity contribution < 1.29 is 22.8 Å². The van der Waals surface area contributed by atoms with Crippen LogP contribution >= 0.6 is 0 Å². The molecule has 0 radical (unpaired) electrons. The number of rotatable bonds is 4. The molecule has 28 heavy (non-hydrogen) atoms. The standard InChI is InChI=1S/C20H18F3N3O2/c21-15-9-17(23)16(22)8-14(15)13-5-4-11(7-18(13)24)20(28)26-12-3-1-2-10(6-12)19(25)27/h1-4,6,8-9,13,18H,5,7,24H2,(H2,25,27)(H,26,28). The Morgan fingerprint density at radius 2 is 1.75 bits per heavy atom. The first-order valence-corrected chi connectivity index (χ1v) is 8.56. The molecular formula is C20H18F3N3O2. The van der Waals surface area contributed by atoms with Crippen LogP contribution in [0.2, 0.25) is 0 Å². The Morgan fingerprint density at radius 3 is 2.43 bits per heavy atom. The minimum atomic E-state index is -1.26. The number of amides is 2. The number of halogens is 3.